The summed E-state index contributed by atoms with van der Waals surface area (Å²) in [5, 5.41) is 4.79. The Labute approximate surface area is 340 Å². The zero-order valence-electron chi connectivity index (χ0n) is 31.5. The fraction of sp³-hybridized carbons (Fsp3) is 0.0182. The van der Waals surface area contributed by atoms with E-state index in [0.29, 0.717) is 0 Å². The minimum absolute atomic E-state index is 0.431. The molecule has 11 aromatic rings. The van der Waals surface area contributed by atoms with Crippen LogP contribution in [0, 0.1) is 0 Å². The smallest absolute Gasteiger partial charge is 0.137 e. The van der Waals surface area contributed by atoms with Crippen LogP contribution < -0.4 is 4.90 Å². The van der Waals surface area contributed by atoms with Gasteiger partial charge in [0.15, 0.2) is 0 Å². The molecule has 3 heteroatoms. The van der Waals surface area contributed by atoms with Gasteiger partial charge in [-0.1, -0.05) is 158 Å². The maximum atomic E-state index is 6.43. The van der Waals surface area contributed by atoms with E-state index < -0.39 is 5.41 Å². The zero-order chi connectivity index (χ0) is 38.2. The van der Waals surface area contributed by atoms with Crippen molar-refractivity contribution in [3.8, 4) is 22.3 Å². The monoisotopic (exact) mass is 757 g/mol. The van der Waals surface area contributed by atoms with E-state index in [9.17, 15) is 0 Å². The highest BCUT2D eigenvalue weighted by Gasteiger charge is 2.46. The van der Waals surface area contributed by atoms with Gasteiger partial charge < -0.3 is 9.32 Å². The highest BCUT2D eigenvalue weighted by atomic mass is 32.1. The van der Waals surface area contributed by atoms with E-state index in [0.717, 1.165) is 39.0 Å². The van der Waals surface area contributed by atoms with Crippen molar-refractivity contribution < 1.29 is 4.42 Å². The summed E-state index contributed by atoms with van der Waals surface area (Å²) in [7, 11) is 0. The van der Waals surface area contributed by atoms with Gasteiger partial charge in [0.05, 0.1) is 5.41 Å². The summed E-state index contributed by atoms with van der Waals surface area (Å²) < 4.78 is 8.96. The molecule has 0 aliphatic heterocycles. The lowest BCUT2D eigenvalue weighted by Crippen LogP contribution is -2.28. The number of thiophene rings is 1. The van der Waals surface area contributed by atoms with Crippen LogP contribution in [0.5, 0.6) is 0 Å². The molecule has 0 spiro atoms. The Morgan fingerprint density at radius 3 is 1.71 bits per heavy atom. The first kappa shape index (κ1) is 33.0. The van der Waals surface area contributed by atoms with Crippen LogP contribution in [0.15, 0.2) is 217 Å². The predicted octanol–water partition coefficient (Wildman–Crippen LogP) is 15.5. The molecular formula is C55H35NOS. The van der Waals surface area contributed by atoms with Crippen molar-refractivity contribution in [1.82, 2.24) is 0 Å². The van der Waals surface area contributed by atoms with Crippen LogP contribution >= 0.6 is 11.3 Å². The van der Waals surface area contributed by atoms with Gasteiger partial charge in [-0.25, -0.2) is 0 Å². The van der Waals surface area contributed by atoms with Crippen LogP contribution in [0.3, 0.4) is 0 Å². The first-order chi connectivity index (χ1) is 28.7. The van der Waals surface area contributed by atoms with E-state index in [1.807, 2.05) is 23.5 Å². The standard InChI is InChI=1S/C55H35NOS/c1-3-14-36(15-4-1)37-16-13-19-40(32-37)56(41-27-30-46-45-22-9-12-25-51(45)57-52(46)34-41)42-28-31-48-47-29-26-39(33-53(47)58-54(48)35-42)55(38-17-5-2-6-18-38)49-23-10-7-20-43(49)44-21-8-11-24-50(44)55/h1-35H. The average molecular weight is 758 g/mol. The Morgan fingerprint density at radius 2 is 0.931 bits per heavy atom. The molecule has 9 aromatic carbocycles. The van der Waals surface area contributed by atoms with Crippen LogP contribution in [-0.2, 0) is 5.41 Å². The van der Waals surface area contributed by atoms with Gasteiger partial charge in [0, 0.05) is 54.1 Å². The Bertz CT molecular complexity index is 3310. The quantitative estimate of drug-likeness (QED) is 0.168. The summed E-state index contributed by atoms with van der Waals surface area (Å²) >= 11 is 1.87. The average Bonchev–Trinajstić information content (AvgIpc) is 3.95. The van der Waals surface area contributed by atoms with E-state index in [1.165, 1.54) is 64.7 Å². The molecule has 1 aliphatic carbocycles. The van der Waals surface area contributed by atoms with Crippen LogP contribution in [0.2, 0.25) is 0 Å². The van der Waals surface area contributed by atoms with Gasteiger partial charge in [0.1, 0.15) is 11.2 Å². The Morgan fingerprint density at radius 1 is 0.362 bits per heavy atom. The van der Waals surface area contributed by atoms with E-state index in [2.05, 4.69) is 205 Å². The second kappa shape index (κ2) is 12.9. The summed E-state index contributed by atoms with van der Waals surface area (Å²) in [4.78, 5) is 2.37. The van der Waals surface area contributed by atoms with E-state index >= 15 is 0 Å². The molecule has 0 N–H and O–H groups in total. The van der Waals surface area contributed by atoms with Gasteiger partial charge in [-0.15, -0.1) is 11.3 Å². The lowest BCUT2D eigenvalue weighted by molar-refractivity contribution is 0.669. The maximum Gasteiger partial charge on any atom is 0.137 e. The van der Waals surface area contributed by atoms with Crippen molar-refractivity contribution in [3.05, 3.63) is 235 Å². The van der Waals surface area contributed by atoms with Crippen molar-refractivity contribution in [1.29, 1.82) is 0 Å². The van der Waals surface area contributed by atoms with Crippen molar-refractivity contribution in [2.45, 2.75) is 5.41 Å². The Kier molecular flexibility index (Phi) is 7.35. The minimum atomic E-state index is -0.431. The maximum absolute atomic E-state index is 6.43. The summed E-state index contributed by atoms with van der Waals surface area (Å²) in [6, 6.07) is 77.5. The number of furan rings is 1. The third-order valence-electron chi connectivity index (χ3n) is 12.1. The molecule has 2 nitrogen and oxygen atoms in total. The third-order valence-corrected chi connectivity index (χ3v) is 13.3. The summed E-state index contributed by atoms with van der Waals surface area (Å²) in [5.74, 6) is 0. The Hall–Kier alpha value is -7.20. The van der Waals surface area contributed by atoms with E-state index in [1.54, 1.807) is 0 Å². The molecule has 2 aromatic heterocycles. The summed E-state index contributed by atoms with van der Waals surface area (Å²) in [6.07, 6.45) is 0. The van der Waals surface area contributed by atoms with Gasteiger partial charge >= 0.3 is 0 Å². The molecule has 0 radical (unpaired) electrons. The highest BCUT2D eigenvalue weighted by Crippen LogP contribution is 2.56. The lowest BCUT2D eigenvalue weighted by Gasteiger charge is -2.33. The van der Waals surface area contributed by atoms with Gasteiger partial charge in [-0.3, -0.25) is 0 Å². The fourth-order valence-corrected chi connectivity index (χ4v) is 10.8. The second-order valence-corrected chi connectivity index (χ2v) is 16.3. The van der Waals surface area contributed by atoms with Crippen LogP contribution in [-0.4, -0.2) is 0 Å². The number of hydrogen-bond acceptors (Lipinski definition) is 3. The fourth-order valence-electron chi connectivity index (χ4n) is 9.61. The number of anilines is 3. The van der Waals surface area contributed by atoms with Crippen molar-refractivity contribution in [2.24, 2.45) is 0 Å². The molecule has 0 amide bonds. The molecule has 1 aliphatic rings. The number of para-hydroxylation sites is 1. The van der Waals surface area contributed by atoms with Crippen molar-refractivity contribution in [3.63, 3.8) is 0 Å². The minimum Gasteiger partial charge on any atom is -0.456 e. The topological polar surface area (TPSA) is 16.4 Å². The Balaban J connectivity index is 1.04. The highest BCUT2D eigenvalue weighted by molar-refractivity contribution is 7.25. The van der Waals surface area contributed by atoms with Crippen LogP contribution in [0.25, 0.3) is 64.4 Å². The normalized spacial score (nSPS) is 13.0. The number of hydrogen-bond donors (Lipinski definition) is 0. The molecule has 12 rings (SSSR count). The predicted molar refractivity (Wildman–Crippen MR) is 244 cm³/mol. The number of rotatable bonds is 6. The number of nitrogens with zero attached hydrogens (tertiary/aromatic N) is 1. The zero-order valence-corrected chi connectivity index (χ0v) is 32.3. The summed E-state index contributed by atoms with van der Waals surface area (Å²) in [5.41, 5.74) is 14.8. The number of benzene rings is 9. The third kappa shape index (κ3) is 4.90. The number of fused-ring (bicyclic) bond motifs is 9. The first-order valence-corrected chi connectivity index (χ1v) is 20.6. The molecule has 272 valence electrons. The van der Waals surface area contributed by atoms with Gasteiger partial charge in [0.2, 0.25) is 0 Å². The van der Waals surface area contributed by atoms with Gasteiger partial charge in [-0.05, 0) is 93.0 Å². The van der Waals surface area contributed by atoms with E-state index in [4.69, 9.17) is 4.42 Å². The van der Waals surface area contributed by atoms with Crippen molar-refractivity contribution in [2.75, 3.05) is 4.90 Å². The molecule has 0 fully saturated rings. The first-order valence-electron chi connectivity index (χ1n) is 19.8. The molecule has 58 heavy (non-hydrogen) atoms. The lowest BCUT2D eigenvalue weighted by atomic mass is 9.67. The molecule has 0 bridgehead atoms. The second-order valence-electron chi connectivity index (χ2n) is 15.2. The van der Waals surface area contributed by atoms with Crippen molar-refractivity contribution >= 4 is 70.5 Å². The molecule has 0 atom stereocenters. The van der Waals surface area contributed by atoms with Crippen LogP contribution in [0.1, 0.15) is 22.3 Å². The van der Waals surface area contributed by atoms with Crippen LogP contribution in [0.4, 0.5) is 17.1 Å². The SMILES string of the molecule is c1ccc(-c2cccc(N(c3ccc4c(c3)oc3ccccc34)c3ccc4c(c3)sc3cc(C5(c6ccccc6)c6ccccc6-c6ccccc65)ccc34)c2)cc1. The largest absolute Gasteiger partial charge is 0.456 e. The molecule has 0 saturated carbocycles. The molecular weight excluding hydrogens is 723 g/mol. The molecule has 2 heterocycles. The van der Waals surface area contributed by atoms with Gasteiger partial charge in [0.25, 0.3) is 0 Å². The van der Waals surface area contributed by atoms with E-state index in [-0.39, 0.29) is 0 Å². The molecule has 0 unspecified atom stereocenters. The van der Waals surface area contributed by atoms with Gasteiger partial charge in [-0.2, -0.15) is 0 Å². The molecule has 0 saturated heterocycles. The summed E-state index contributed by atoms with van der Waals surface area (Å²) in [6.45, 7) is 0.